The number of anilines is 3. The Kier molecular flexibility index (Phi) is 6.22. The normalized spacial score (nSPS) is 20.9. The van der Waals surface area contributed by atoms with Gasteiger partial charge in [-0.3, -0.25) is 9.48 Å². The molecule has 34 heavy (non-hydrogen) atoms. The van der Waals surface area contributed by atoms with E-state index < -0.39 is 0 Å². The minimum atomic E-state index is -0.181. The van der Waals surface area contributed by atoms with Gasteiger partial charge in [0.15, 0.2) is 0 Å². The zero-order valence-electron chi connectivity index (χ0n) is 21.0. The van der Waals surface area contributed by atoms with Gasteiger partial charge >= 0.3 is 0 Å². The molecule has 0 radical (unpaired) electrons. The largest absolute Gasteiger partial charge is 0.370 e. The van der Waals surface area contributed by atoms with Crippen LogP contribution < -0.4 is 10.6 Å². The third kappa shape index (κ3) is 4.89. The van der Waals surface area contributed by atoms with Crippen molar-refractivity contribution in [2.75, 3.05) is 50.4 Å². The second-order valence-corrected chi connectivity index (χ2v) is 10.9. The van der Waals surface area contributed by atoms with Gasteiger partial charge in [0.05, 0.1) is 22.8 Å². The molecule has 0 unspecified atom stereocenters. The van der Waals surface area contributed by atoms with Crippen LogP contribution in [0.25, 0.3) is 0 Å². The molecule has 2 saturated heterocycles. The van der Waals surface area contributed by atoms with E-state index in [9.17, 15) is 4.79 Å². The summed E-state index contributed by atoms with van der Waals surface area (Å²) >= 11 is 0. The number of aryl methyl sites for hydroxylation is 1. The molecule has 1 aliphatic carbocycles. The van der Waals surface area contributed by atoms with Gasteiger partial charge in [-0.15, -0.1) is 0 Å². The molecule has 1 saturated carbocycles. The van der Waals surface area contributed by atoms with Crippen LogP contribution >= 0.6 is 0 Å². The first-order chi connectivity index (χ1) is 16.3. The molecule has 0 atom stereocenters. The quantitative estimate of drug-likeness (QED) is 0.431. The minimum Gasteiger partial charge on any atom is -0.370 e. The number of aromatic nitrogens is 4. The fourth-order valence-electron chi connectivity index (χ4n) is 5.07. The lowest BCUT2D eigenvalue weighted by atomic mass is 9.83. The van der Waals surface area contributed by atoms with E-state index in [-0.39, 0.29) is 11.3 Å². The molecule has 5 rings (SSSR count). The Bertz CT molecular complexity index is 1040. The van der Waals surface area contributed by atoms with Gasteiger partial charge in [0.25, 0.3) is 0 Å². The third-order valence-electron chi connectivity index (χ3n) is 7.41. The molecule has 9 heteroatoms. The van der Waals surface area contributed by atoms with Gasteiger partial charge in [0.2, 0.25) is 11.9 Å². The molecule has 2 aliphatic heterocycles. The number of carbonyl (C=O) groups is 1. The van der Waals surface area contributed by atoms with Crippen LogP contribution in [0.2, 0.25) is 0 Å². The van der Waals surface area contributed by atoms with Crippen LogP contribution in [0, 0.1) is 12.3 Å². The van der Waals surface area contributed by atoms with Crippen molar-refractivity contribution in [2.45, 2.75) is 64.8 Å². The van der Waals surface area contributed by atoms with Gasteiger partial charge in [0.1, 0.15) is 5.82 Å². The van der Waals surface area contributed by atoms with Crippen LogP contribution in [0.15, 0.2) is 12.4 Å². The summed E-state index contributed by atoms with van der Waals surface area (Å²) in [5, 5.41) is 11.7. The summed E-state index contributed by atoms with van der Waals surface area (Å²) < 4.78 is 2.11. The molecular weight excluding hydrogens is 428 g/mol. The molecule has 2 N–H and O–H groups in total. The number of carbonyl (C=O) groups excluding carboxylic acids is 1. The molecule has 2 aromatic heterocycles. The lowest BCUT2D eigenvalue weighted by molar-refractivity contribution is -0.156. The predicted octanol–water partition coefficient (Wildman–Crippen LogP) is 3.54. The molecule has 2 aromatic rings. The maximum absolute atomic E-state index is 12.1. The number of hydrogen-bond acceptors (Lipinski definition) is 7. The van der Waals surface area contributed by atoms with Crippen molar-refractivity contribution < 1.29 is 4.79 Å². The van der Waals surface area contributed by atoms with Crippen molar-refractivity contribution in [1.82, 2.24) is 29.5 Å². The second-order valence-electron chi connectivity index (χ2n) is 10.9. The van der Waals surface area contributed by atoms with E-state index in [0.29, 0.717) is 17.9 Å². The van der Waals surface area contributed by atoms with E-state index in [4.69, 9.17) is 10.1 Å². The summed E-state index contributed by atoms with van der Waals surface area (Å²) in [7, 11) is 2.18. The van der Waals surface area contributed by atoms with Gasteiger partial charge in [-0.05, 0) is 78.9 Å². The van der Waals surface area contributed by atoms with Crippen molar-refractivity contribution in [1.29, 1.82) is 0 Å². The van der Waals surface area contributed by atoms with Crippen molar-refractivity contribution >= 4 is 23.4 Å². The average Bonchev–Trinajstić information content (AvgIpc) is 3.59. The van der Waals surface area contributed by atoms with Crippen LogP contribution in [0.4, 0.5) is 17.5 Å². The highest BCUT2D eigenvalue weighted by atomic mass is 16.2. The number of nitrogens with zero attached hydrogens (tertiary/aromatic N) is 6. The molecule has 0 spiro atoms. The molecule has 4 heterocycles. The van der Waals surface area contributed by atoms with Crippen LogP contribution in [-0.2, 0) is 4.79 Å². The summed E-state index contributed by atoms with van der Waals surface area (Å²) in [6.07, 6.45) is 9.61. The summed E-state index contributed by atoms with van der Waals surface area (Å²) in [4.78, 5) is 25.9. The Hall–Kier alpha value is -2.68. The van der Waals surface area contributed by atoms with Crippen molar-refractivity contribution in [2.24, 2.45) is 5.41 Å². The molecule has 3 aliphatic rings. The summed E-state index contributed by atoms with van der Waals surface area (Å²) in [6.45, 7) is 10.7. The number of amides is 1. The number of nitrogens with one attached hydrogen (secondary N) is 2. The lowest BCUT2D eigenvalue weighted by Gasteiger charge is -2.44. The van der Waals surface area contributed by atoms with Gasteiger partial charge in [-0.1, -0.05) is 0 Å². The summed E-state index contributed by atoms with van der Waals surface area (Å²) in [5.41, 5.74) is 2.94. The topological polar surface area (TPSA) is 91.2 Å². The Labute approximate surface area is 202 Å². The first-order valence-electron chi connectivity index (χ1n) is 12.7. The number of hydrogen-bond donors (Lipinski definition) is 2. The monoisotopic (exact) mass is 466 g/mol. The van der Waals surface area contributed by atoms with Gasteiger partial charge in [-0.25, -0.2) is 4.98 Å². The van der Waals surface area contributed by atoms with Crippen LogP contribution in [0.1, 0.15) is 69.2 Å². The van der Waals surface area contributed by atoms with Gasteiger partial charge < -0.3 is 20.4 Å². The highest BCUT2D eigenvalue weighted by molar-refractivity contribution is 5.87. The Morgan fingerprint density at radius 2 is 1.94 bits per heavy atom. The molecular formula is C25H38N8O. The van der Waals surface area contributed by atoms with Crippen molar-refractivity contribution in [3.8, 4) is 0 Å². The van der Waals surface area contributed by atoms with Crippen LogP contribution in [0.5, 0.6) is 0 Å². The van der Waals surface area contributed by atoms with Crippen LogP contribution in [-0.4, -0.2) is 75.2 Å². The van der Waals surface area contributed by atoms with Crippen LogP contribution in [0.3, 0.4) is 0 Å². The SMILES string of the molecule is Cc1nn(C2CCN(C)CC2)cc1Nc1ncc(C2CC2)c(NCCCN2CC(C)(C)C2=O)n1. The smallest absolute Gasteiger partial charge is 0.230 e. The first-order valence-corrected chi connectivity index (χ1v) is 12.7. The Morgan fingerprint density at radius 1 is 1.18 bits per heavy atom. The Morgan fingerprint density at radius 3 is 2.62 bits per heavy atom. The minimum absolute atomic E-state index is 0.181. The van der Waals surface area contributed by atoms with E-state index in [1.54, 1.807) is 0 Å². The zero-order valence-corrected chi connectivity index (χ0v) is 21.0. The van der Waals surface area contributed by atoms with E-state index in [2.05, 4.69) is 38.4 Å². The first kappa shape index (κ1) is 23.1. The molecule has 184 valence electrons. The zero-order chi connectivity index (χ0) is 23.9. The lowest BCUT2D eigenvalue weighted by Crippen LogP contribution is -2.58. The van der Waals surface area contributed by atoms with Gasteiger partial charge in [0, 0.05) is 37.6 Å². The fraction of sp³-hybridized carbons (Fsp3) is 0.680. The standard InChI is InChI=1S/C25H38N8O/c1-17-21(15-33(30-17)19-8-12-31(4)13-9-19)28-24-27-14-20(18-6-7-18)22(29-24)26-10-5-11-32-16-25(2,3)23(32)34/h14-15,18-19H,5-13,16H2,1-4H3,(H2,26,27,28,29). The summed E-state index contributed by atoms with van der Waals surface area (Å²) in [5.74, 6) is 2.33. The molecule has 3 fully saturated rings. The molecule has 0 bridgehead atoms. The van der Waals surface area contributed by atoms with Gasteiger partial charge in [-0.2, -0.15) is 10.1 Å². The van der Waals surface area contributed by atoms with Crippen molar-refractivity contribution in [3.05, 3.63) is 23.7 Å². The van der Waals surface area contributed by atoms with E-state index in [0.717, 1.165) is 69.2 Å². The predicted molar refractivity (Wildman–Crippen MR) is 133 cm³/mol. The number of rotatable bonds is 9. The maximum atomic E-state index is 12.1. The third-order valence-corrected chi connectivity index (χ3v) is 7.41. The Balaban J connectivity index is 1.21. The van der Waals surface area contributed by atoms with E-state index >= 15 is 0 Å². The van der Waals surface area contributed by atoms with Crippen molar-refractivity contribution in [3.63, 3.8) is 0 Å². The number of likely N-dealkylation sites (tertiary alicyclic amines) is 2. The van der Waals surface area contributed by atoms with E-state index in [1.165, 1.54) is 18.4 Å². The summed E-state index contributed by atoms with van der Waals surface area (Å²) in [6, 6.07) is 0.449. The highest BCUT2D eigenvalue weighted by Gasteiger charge is 2.43. The number of β-lactam (4-membered cyclic amide) rings is 1. The molecule has 0 aromatic carbocycles. The second kappa shape index (κ2) is 9.17. The fourth-order valence-corrected chi connectivity index (χ4v) is 5.07. The van der Waals surface area contributed by atoms with E-state index in [1.807, 2.05) is 31.9 Å². The highest BCUT2D eigenvalue weighted by Crippen LogP contribution is 2.43. The number of piperidine rings is 1. The maximum Gasteiger partial charge on any atom is 0.230 e. The average molecular weight is 467 g/mol. The molecule has 9 nitrogen and oxygen atoms in total. The molecule has 1 amide bonds.